The normalized spacial score (nSPS) is 9.88. The molecule has 44 valence electrons. The largest absolute Gasteiger partial charge is 0.260 e. The van der Waals surface area contributed by atoms with Gasteiger partial charge in [0.2, 0.25) is 0 Å². The Labute approximate surface area is 60.6 Å². The molecule has 0 aromatic carbocycles. The fourth-order valence-electron chi connectivity index (χ4n) is 0.412. The molecular weight excluding hydrogens is 191 g/mol. The smallest absolute Gasteiger partial charge is 0.152 e. The van der Waals surface area contributed by atoms with Crippen LogP contribution in [-0.4, -0.2) is 9.78 Å². The Morgan fingerprint density at radius 2 is 2.50 bits per heavy atom. The molecule has 0 aliphatic rings. The minimum absolute atomic E-state index is 0.513. The van der Waals surface area contributed by atoms with E-state index < -0.39 is 0 Å². The molecule has 1 aromatic rings. The van der Waals surface area contributed by atoms with Crippen molar-refractivity contribution in [2.45, 2.75) is 0 Å². The lowest BCUT2D eigenvalue weighted by Gasteiger charge is -1.85. The Morgan fingerprint density at radius 1 is 1.88 bits per heavy atom. The molecule has 0 aliphatic heterocycles. The number of nitrogens with zero attached hydrogens (tertiary/aromatic N) is 2. The SMILES string of the molecule is Cn1nc(Cl)cc1Br. The van der Waals surface area contributed by atoms with Gasteiger partial charge in [-0.05, 0) is 15.9 Å². The maximum atomic E-state index is 5.50. The highest BCUT2D eigenvalue weighted by Gasteiger charge is 1.95. The summed E-state index contributed by atoms with van der Waals surface area (Å²) >= 11 is 8.74. The topological polar surface area (TPSA) is 17.8 Å². The molecule has 0 bridgehead atoms. The van der Waals surface area contributed by atoms with Crippen LogP contribution in [0.25, 0.3) is 0 Å². The molecule has 0 N–H and O–H groups in total. The first-order chi connectivity index (χ1) is 3.70. The standard InChI is InChI=1S/C4H4BrClN2/c1-8-3(5)2-4(6)7-8/h2H,1H3. The lowest BCUT2D eigenvalue weighted by atomic mass is 10.7. The zero-order chi connectivity index (χ0) is 6.15. The summed E-state index contributed by atoms with van der Waals surface area (Å²) in [6, 6.07) is 1.74. The van der Waals surface area contributed by atoms with Crippen molar-refractivity contribution in [1.82, 2.24) is 9.78 Å². The zero-order valence-electron chi connectivity index (χ0n) is 4.23. The van der Waals surface area contributed by atoms with E-state index in [0.29, 0.717) is 5.15 Å². The molecule has 2 nitrogen and oxygen atoms in total. The molecule has 1 rings (SSSR count). The minimum atomic E-state index is 0.513. The van der Waals surface area contributed by atoms with E-state index in [9.17, 15) is 0 Å². The summed E-state index contributed by atoms with van der Waals surface area (Å²) < 4.78 is 2.55. The minimum Gasteiger partial charge on any atom is -0.260 e. The maximum absolute atomic E-state index is 5.50. The molecule has 0 unspecified atom stereocenters. The molecule has 4 heteroatoms. The van der Waals surface area contributed by atoms with Gasteiger partial charge in [0.25, 0.3) is 0 Å². The van der Waals surface area contributed by atoms with Crippen molar-refractivity contribution in [3.8, 4) is 0 Å². The highest BCUT2D eigenvalue weighted by Crippen LogP contribution is 2.13. The Balaban J connectivity index is 3.14. The Morgan fingerprint density at radius 3 is 2.62 bits per heavy atom. The van der Waals surface area contributed by atoms with E-state index in [2.05, 4.69) is 21.0 Å². The van der Waals surface area contributed by atoms with Gasteiger partial charge in [-0.1, -0.05) is 11.6 Å². The molecule has 0 radical (unpaired) electrons. The van der Waals surface area contributed by atoms with Gasteiger partial charge in [0, 0.05) is 13.1 Å². The van der Waals surface area contributed by atoms with Crippen LogP contribution < -0.4 is 0 Å². The van der Waals surface area contributed by atoms with Crippen molar-refractivity contribution in [3.63, 3.8) is 0 Å². The van der Waals surface area contributed by atoms with Crippen LogP contribution in [-0.2, 0) is 7.05 Å². The molecular formula is C4H4BrClN2. The molecule has 1 aromatic heterocycles. The second-order valence-corrected chi connectivity index (χ2v) is 2.61. The Bertz CT molecular complexity index is 176. The van der Waals surface area contributed by atoms with Gasteiger partial charge in [-0.15, -0.1) is 0 Å². The molecule has 0 amide bonds. The summed E-state index contributed by atoms with van der Waals surface area (Å²) in [6.45, 7) is 0. The van der Waals surface area contributed by atoms with E-state index in [4.69, 9.17) is 11.6 Å². The third-order valence-corrected chi connectivity index (χ3v) is 1.72. The van der Waals surface area contributed by atoms with Gasteiger partial charge >= 0.3 is 0 Å². The summed E-state index contributed by atoms with van der Waals surface area (Å²) in [6.07, 6.45) is 0. The van der Waals surface area contributed by atoms with Crippen molar-refractivity contribution in [3.05, 3.63) is 15.8 Å². The fourth-order valence-corrected chi connectivity index (χ4v) is 1.06. The van der Waals surface area contributed by atoms with Gasteiger partial charge in [0.15, 0.2) is 5.15 Å². The molecule has 0 aliphatic carbocycles. The van der Waals surface area contributed by atoms with Crippen molar-refractivity contribution in [2.24, 2.45) is 7.05 Å². The summed E-state index contributed by atoms with van der Waals surface area (Å²) in [4.78, 5) is 0. The van der Waals surface area contributed by atoms with E-state index in [1.807, 2.05) is 7.05 Å². The third-order valence-electron chi connectivity index (χ3n) is 0.793. The van der Waals surface area contributed by atoms with Crippen LogP contribution in [0.1, 0.15) is 0 Å². The number of rotatable bonds is 0. The van der Waals surface area contributed by atoms with E-state index in [0.717, 1.165) is 4.60 Å². The molecule has 0 saturated heterocycles. The Hall–Kier alpha value is -0.0200. The van der Waals surface area contributed by atoms with Crippen molar-refractivity contribution >= 4 is 27.5 Å². The highest BCUT2D eigenvalue weighted by molar-refractivity contribution is 9.10. The van der Waals surface area contributed by atoms with Crippen LogP contribution in [0.2, 0.25) is 5.15 Å². The van der Waals surface area contributed by atoms with E-state index in [1.54, 1.807) is 10.7 Å². The molecule has 8 heavy (non-hydrogen) atoms. The molecule has 0 saturated carbocycles. The van der Waals surface area contributed by atoms with Gasteiger partial charge in [-0.3, -0.25) is 4.68 Å². The van der Waals surface area contributed by atoms with Crippen LogP contribution in [0.3, 0.4) is 0 Å². The second kappa shape index (κ2) is 2.07. The van der Waals surface area contributed by atoms with Gasteiger partial charge < -0.3 is 0 Å². The number of hydrogen-bond acceptors (Lipinski definition) is 1. The molecule has 0 atom stereocenters. The molecule has 0 fully saturated rings. The van der Waals surface area contributed by atoms with Gasteiger partial charge in [-0.25, -0.2) is 0 Å². The number of aryl methyl sites for hydroxylation is 1. The monoisotopic (exact) mass is 194 g/mol. The maximum Gasteiger partial charge on any atom is 0.152 e. The Kier molecular flexibility index (Phi) is 1.58. The van der Waals surface area contributed by atoms with E-state index in [1.165, 1.54) is 0 Å². The average Bonchev–Trinajstić information content (AvgIpc) is 1.85. The fraction of sp³-hybridized carbons (Fsp3) is 0.250. The average molecular weight is 195 g/mol. The van der Waals surface area contributed by atoms with Crippen LogP contribution in [0.5, 0.6) is 0 Å². The number of halogens is 2. The summed E-state index contributed by atoms with van der Waals surface area (Å²) in [5, 5.41) is 4.36. The van der Waals surface area contributed by atoms with Crippen molar-refractivity contribution in [2.75, 3.05) is 0 Å². The quantitative estimate of drug-likeness (QED) is 0.618. The van der Waals surface area contributed by atoms with Crippen LogP contribution in [0, 0.1) is 0 Å². The van der Waals surface area contributed by atoms with E-state index in [-0.39, 0.29) is 0 Å². The predicted molar refractivity (Wildman–Crippen MR) is 35.9 cm³/mol. The van der Waals surface area contributed by atoms with Crippen LogP contribution >= 0.6 is 27.5 Å². The molecule has 0 spiro atoms. The first kappa shape index (κ1) is 6.11. The summed E-state index contributed by atoms with van der Waals surface area (Å²) in [5.41, 5.74) is 0. The first-order valence-corrected chi connectivity index (χ1v) is 3.22. The van der Waals surface area contributed by atoms with Gasteiger partial charge in [0.05, 0.1) is 0 Å². The number of aromatic nitrogens is 2. The second-order valence-electron chi connectivity index (χ2n) is 1.41. The lowest BCUT2D eigenvalue weighted by Crippen LogP contribution is -1.88. The lowest BCUT2D eigenvalue weighted by molar-refractivity contribution is 0.750. The number of hydrogen-bond donors (Lipinski definition) is 0. The third kappa shape index (κ3) is 1.03. The summed E-state index contributed by atoms with van der Waals surface area (Å²) in [7, 11) is 1.82. The van der Waals surface area contributed by atoms with E-state index >= 15 is 0 Å². The zero-order valence-corrected chi connectivity index (χ0v) is 6.57. The van der Waals surface area contributed by atoms with Gasteiger partial charge in [-0.2, -0.15) is 5.10 Å². The molecule has 1 heterocycles. The first-order valence-electron chi connectivity index (χ1n) is 2.05. The predicted octanol–water partition coefficient (Wildman–Crippen LogP) is 1.84. The van der Waals surface area contributed by atoms with Gasteiger partial charge in [0.1, 0.15) is 4.60 Å². The van der Waals surface area contributed by atoms with Crippen molar-refractivity contribution in [1.29, 1.82) is 0 Å². The summed E-state index contributed by atoms with van der Waals surface area (Å²) in [5.74, 6) is 0. The van der Waals surface area contributed by atoms with Crippen LogP contribution in [0.15, 0.2) is 10.7 Å². The van der Waals surface area contributed by atoms with Crippen LogP contribution in [0.4, 0.5) is 0 Å². The van der Waals surface area contributed by atoms with Crippen molar-refractivity contribution < 1.29 is 0 Å². The highest BCUT2D eigenvalue weighted by atomic mass is 79.9.